The normalized spacial score (nSPS) is 12.1. The molecule has 0 radical (unpaired) electrons. The summed E-state index contributed by atoms with van der Waals surface area (Å²) in [6, 6.07) is 25.0. The molecule has 0 fully saturated rings. The van der Waals surface area contributed by atoms with E-state index in [1.165, 1.54) is 5.69 Å². The van der Waals surface area contributed by atoms with Gasteiger partial charge in [0, 0.05) is 66.2 Å². The fourth-order valence-corrected chi connectivity index (χ4v) is 4.00. The van der Waals surface area contributed by atoms with Crippen molar-refractivity contribution >= 4 is 34.0 Å². The smallest absolute Gasteiger partial charge is 0.231 e. The van der Waals surface area contributed by atoms with E-state index in [2.05, 4.69) is 96.6 Å². The fourth-order valence-electron chi connectivity index (χ4n) is 4.00. The molecule has 0 saturated heterocycles. The van der Waals surface area contributed by atoms with Crippen LogP contribution in [0.5, 0.6) is 0 Å². The molecule has 2 N–H and O–H groups in total. The summed E-state index contributed by atoms with van der Waals surface area (Å²) in [4.78, 5) is 2.34. The molecule has 34 heavy (non-hydrogen) atoms. The third-order valence-corrected chi connectivity index (χ3v) is 5.91. The molecular weight excluding hydrogens is 418 g/mol. The van der Waals surface area contributed by atoms with Gasteiger partial charge >= 0.3 is 0 Å². The highest BCUT2D eigenvalue weighted by molar-refractivity contribution is 5.83. The van der Waals surface area contributed by atoms with Crippen LogP contribution >= 0.6 is 0 Å². The number of para-hydroxylation sites is 1. The standard InChI is InChI=1S/C29H35N5/c1-7-27(28-12-10-11-13-29(28)30-5)22(4)32-33(6)25-18-14-23(15-19-25)31-24-16-20-26(21-17-24)34(8-2)9-3/h7,10-21,31H,1,8-9H2,2-6H3/p+1. The van der Waals surface area contributed by atoms with Crippen LogP contribution in [0.2, 0.25) is 0 Å². The molecule has 0 saturated carbocycles. The lowest BCUT2D eigenvalue weighted by molar-refractivity contribution is -0.478. The molecule has 5 nitrogen and oxygen atoms in total. The first-order valence-corrected chi connectivity index (χ1v) is 11.8. The molecule has 0 bridgehead atoms. The number of hydrogen-bond acceptors (Lipinski definition) is 4. The summed E-state index contributed by atoms with van der Waals surface area (Å²) < 4.78 is 1.89. The molecule has 0 aliphatic rings. The van der Waals surface area contributed by atoms with Crippen LogP contribution in [0.1, 0.15) is 26.3 Å². The van der Waals surface area contributed by atoms with Crippen molar-refractivity contribution in [3.05, 3.63) is 96.7 Å². The second kappa shape index (κ2) is 11.8. The van der Waals surface area contributed by atoms with Crippen molar-refractivity contribution in [1.29, 1.82) is 0 Å². The van der Waals surface area contributed by atoms with E-state index >= 15 is 0 Å². The van der Waals surface area contributed by atoms with Crippen LogP contribution in [0.4, 0.5) is 28.4 Å². The van der Waals surface area contributed by atoms with Crippen molar-refractivity contribution in [1.82, 2.24) is 0 Å². The Morgan fingerprint density at radius 1 is 0.941 bits per heavy atom. The second-order valence-electron chi connectivity index (χ2n) is 8.01. The monoisotopic (exact) mass is 454 g/mol. The van der Waals surface area contributed by atoms with E-state index in [1.54, 1.807) is 0 Å². The van der Waals surface area contributed by atoms with Gasteiger partial charge in [0.2, 0.25) is 5.69 Å². The van der Waals surface area contributed by atoms with Crippen molar-refractivity contribution in [2.45, 2.75) is 20.8 Å². The van der Waals surface area contributed by atoms with E-state index in [0.717, 1.165) is 52.7 Å². The van der Waals surface area contributed by atoms with Gasteiger partial charge < -0.3 is 15.5 Å². The topological polar surface area (TPSA) is 42.7 Å². The Morgan fingerprint density at radius 3 is 2.09 bits per heavy atom. The molecule has 0 amide bonds. The van der Waals surface area contributed by atoms with E-state index in [1.807, 2.05) is 43.9 Å². The third kappa shape index (κ3) is 5.93. The summed E-state index contributed by atoms with van der Waals surface area (Å²) in [5.74, 6) is 0. The van der Waals surface area contributed by atoms with Gasteiger partial charge in [-0.3, -0.25) is 0 Å². The first-order valence-electron chi connectivity index (χ1n) is 11.8. The first-order chi connectivity index (χ1) is 16.5. The second-order valence-corrected chi connectivity index (χ2v) is 8.01. The highest BCUT2D eigenvalue weighted by atomic mass is 15.3. The Labute approximate surface area is 204 Å². The lowest BCUT2D eigenvalue weighted by Gasteiger charge is -2.21. The minimum Gasteiger partial charge on any atom is -0.388 e. The van der Waals surface area contributed by atoms with Gasteiger partial charge in [0.1, 0.15) is 5.70 Å². The number of benzene rings is 3. The van der Waals surface area contributed by atoms with E-state index < -0.39 is 0 Å². The number of hydrogen-bond donors (Lipinski definition) is 2. The maximum atomic E-state index is 4.81. The molecule has 5 heteroatoms. The largest absolute Gasteiger partial charge is 0.388 e. The minimum atomic E-state index is 0.899. The molecular formula is C29H36N5+. The first kappa shape index (κ1) is 24.8. The molecule has 3 rings (SSSR count). The predicted molar refractivity (Wildman–Crippen MR) is 147 cm³/mol. The summed E-state index contributed by atoms with van der Waals surface area (Å²) in [5, 5.41) is 11.5. The number of allylic oxidation sites excluding steroid dienone is 3. The molecule has 0 atom stereocenters. The van der Waals surface area contributed by atoms with E-state index in [4.69, 9.17) is 5.11 Å². The highest BCUT2D eigenvalue weighted by Crippen LogP contribution is 2.28. The predicted octanol–water partition coefficient (Wildman–Crippen LogP) is 7.66. The van der Waals surface area contributed by atoms with Gasteiger partial charge in [0.05, 0.1) is 0 Å². The lowest BCUT2D eigenvalue weighted by atomic mass is 10.0. The van der Waals surface area contributed by atoms with Gasteiger partial charge in [-0.05, 0) is 68.4 Å². The quantitative estimate of drug-likeness (QED) is 0.188. The molecule has 3 aromatic rings. The summed E-state index contributed by atoms with van der Waals surface area (Å²) in [5.41, 5.74) is 8.39. The van der Waals surface area contributed by atoms with Crippen LogP contribution in [0.25, 0.3) is 5.57 Å². The van der Waals surface area contributed by atoms with Crippen LogP contribution in [-0.4, -0.2) is 31.9 Å². The average molecular weight is 455 g/mol. The van der Waals surface area contributed by atoms with Crippen LogP contribution < -0.4 is 15.5 Å². The minimum absolute atomic E-state index is 0.899. The molecule has 0 aliphatic carbocycles. The van der Waals surface area contributed by atoms with Crippen molar-refractivity contribution < 1.29 is 4.70 Å². The Balaban J connectivity index is 1.77. The summed E-state index contributed by atoms with van der Waals surface area (Å²) in [7, 11) is 3.88. The number of nitrogens with one attached hydrogen (secondary N) is 2. The number of nitrogens with zero attached hydrogens (tertiary/aromatic N) is 3. The Hall–Kier alpha value is -3.86. The van der Waals surface area contributed by atoms with Crippen molar-refractivity contribution in [2.75, 3.05) is 42.7 Å². The third-order valence-electron chi connectivity index (χ3n) is 5.91. The van der Waals surface area contributed by atoms with Crippen LogP contribution in [-0.2, 0) is 0 Å². The van der Waals surface area contributed by atoms with Gasteiger partial charge in [-0.25, -0.2) is 0 Å². The molecule has 0 aliphatic heterocycles. The number of rotatable bonds is 10. The Morgan fingerprint density at radius 2 is 1.53 bits per heavy atom. The van der Waals surface area contributed by atoms with Crippen LogP contribution in [0.3, 0.4) is 0 Å². The van der Waals surface area contributed by atoms with Gasteiger partial charge in [-0.15, -0.1) is 0 Å². The maximum Gasteiger partial charge on any atom is 0.231 e. The van der Waals surface area contributed by atoms with Gasteiger partial charge in [-0.2, -0.15) is 0 Å². The lowest BCUT2D eigenvalue weighted by Crippen LogP contribution is -2.21. The SMILES string of the molecule is C=C/C(=C(/C)N=[N+](C)c1ccc(Nc2ccc(N(CC)CC)cc2)cc1)c1ccccc1NC. The molecule has 0 aromatic heterocycles. The van der Waals surface area contributed by atoms with Crippen molar-refractivity contribution in [3.8, 4) is 0 Å². The average Bonchev–Trinajstić information content (AvgIpc) is 2.87. The molecule has 3 aromatic carbocycles. The van der Waals surface area contributed by atoms with Crippen molar-refractivity contribution in [2.24, 2.45) is 5.11 Å². The zero-order valence-corrected chi connectivity index (χ0v) is 21.0. The van der Waals surface area contributed by atoms with E-state index in [9.17, 15) is 0 Å². The summed E-state index contributed by atoms with van der Waals surface area (Å²) in [6.45, 7) is 12.4. The number of azo groups is 2. The molecule has 0 spiro atoms. The molecule has 0 unspecified atom stereocenters. The summed E-state index contributed by atoms with van der Waals surface area (Å²) >= 11 is 0. The fraction of sp³-hybridized carbons (Fsp3) is 0.241. The maximum absolute atomic E-state index is 4.81. The van der Waals surface area contributed by atoms with Gasteiger partial charge in [-0.1, -0.05) is 35.6 Å². The van der Waals surface area contributed by atoms with Gasteiger partial charge in [0.15, 0.2) is 7.05 Å². The van der Waals surface area contributed by atoms with Crippen molar-refractivity contribution in [3.63, 3.8) is 0 Å². The van der Waals surface area contributed by atoms with E-state index in [0.29, 0.717) is 0 Å². The van der Waals surface area contributed by atoms with Gasteiger partial charge in [0.25, 0.3) is 0 Å². The van der Waals surface area contributed by atoms with E-state index in [-0.39, 0.29) is 0 Å². The Kier molecular flexibility index (Phi) is 8.63. The number of anilines is 4. The summed E-state index contributed by atoms with van der Waals surface area (Å²) in [6.07, 6.45) is 1.86. The zero-order valence-electron chi connectivity index (χ0n) is 21.0. The zero-order chi connectivity index (χ0) is 24.5. The molecule has 176 valence electrons. The van der Waals surface area contributed by atoms with Crippen LogP contribution in [0, 0.1) is 0 Å². The molecule has 0 heterocycles. The van der Waals surface area contributed by atoms with Crippen LogP contribution in [0.15, 0.2) is 96.3 Å². The Bertz CT molecular complexity index is 1150. The highest BCUT2D eigenvalue weighted by Gasteiger charge is 2.11.